The van der Waals surface area contributed by atoms with Crippen LogP contribution in [-0.4, -0.2) is 19.0 Å². The van der Waals surface area contributed by atoms with Gasteiger partial charge in [0, 0.05) is 11.1 Å². The summed E-state index contributed by atoms with van der Waals surface area (Å²) in [6.07, 6.45) is 2.89. The van der Waals surface area contributed by atoms with Crippen LogP contribution in [-0.2, 0) is 9.53 Å². The number of amides is 1. The highest BCUT2D eigenvalue weighted by Crippen LogP contribution is 2.33. The minimum Gasteiger partial charge on any atom is -0.465 e. The second-order valence-corrected chi connectivity index (χ2v) is 6.14. The molecule has 0 spiro atoms. The van der Waals surface area contributed by atoms with Crippen LogP contribution >= 0.6 is 22.9 Å². The Morgan fingerprint density at radius 3 is 2.71 bits per heavy atom. The molecule has 1 amide bonds. The zero-order valence-electron chi connectivity index (χ0n) is 12.9. The van der Waals surface area contributed by atoms with E-state index in [0.717, 1.165) is 11.3 Å². The molecule has 1 heterocycles. The van der Waals surface area contributed by atoms with Crippen molar-refractivity contribution in [3.8, 4) is 6.07 Å². The van der Waals surface area contributed by atoms with Crippen molar-refractivity contribution in [2.24, 2.45) is 0 Å². The number of hydrogen-bond acceptors (Lipinski definition) is 5. The molecule has 0 aliphatic carbocycles. The van der Waals surface area contributed by atoms with E-state index in [4.69, 9.17) is 11.6 Å². The second-order valence-electron chi connectivity index (χ2n) is 4.71. The van der Waals surface area contributed by atoms with Crippen LogP contribution in [0.25, 0.3) is 6.08 Å². The molecule has 2 rings (SSSR count). The van der Waals surface area contributed by atoms with Crippen LogP contribution in [0, 0.1) is 18.3 Å². The fourth-order valence-electron chi connectivity index (χ4n) is 1.95. The summed E-state index contributed by atoms with van der Waals surface area (Å²) in [7, 11) is 1.26. The average Bonchev–Trinajstić information content (AvgIpc) is 2.88. The minimum atomic E-state index is -0.541. The highest BCUT2D eigenvalue weighted by Gasteiger charge is 2.21. The largest absolute Gasteiger partial charge is 0.465 e. The number of hydrogen-bond donors (Lipinski definition) is 1. The lowest BCUT2D eigenvalue weighted by Gasteiger charge is -2.00. The number of nitriles is 1. The number of halogens is 1. The smallest absolute Gasteiger partial charge is 0.348 e. The number of methoxy groups -OCH3 is 1. The van der Waals surface area contributed by atoms with E-state index in [1.165, 1.54) is 13.2 Å². The van der Waals surface area contributed by atoms with Gasteiger partial charge in [0.1, 0.15) is 15.9 Å². The second kappa shape index (κ2) is 7.77. The maximum Gasteiger partial charge on any atom is 0.348 e. The molecule has 0 aliphatic heterocycles. The van der Waals surface area contributed by atoms with Gasteiger partial charge in [0.2, 0.25) is 5.91 Å². The van der Waals surface area contributed by atoms with E-state index in [1.807, 2.05) is 12.1 Å². The highest BCUT2D eigenvalue weighted by molar-refractivity contribution is 7.18. The van der Waals surface area contributed by atoms with Crippen molar-refractivity contribution >= 4 is 45.9 Å². The van der Waals surface area contributed by atoms with Gasteiger partial charge in [-0.1, -0.05) is 29.8 Å². The Balaban J connectivity index is 2.22. The Bertz CT molecular complexity index is 865. The Labute approximate surface area is 148 Å². The first kappa shape index (κ1) is 17.7. The van der Waals surface area contributed by atoms with Crippen molar-refractivity contribution in [3.05, 3.63) is 56.9 Å². The molecule has 0 saturated heterocycles. The Kier molecular flexibility index (Phi) is 5.74. The Morgan fingerprint density at radius 1 is 1.38 bits per heavy atom. The van der Waals surface area contributed by atoms with E-state index in [0.29, 0.717) is 26.0 Å². The summed E-state index contributed by atoms with van der Waals surface area (Å²) in [6, 6.07) is 9.09. The van der Waals surface area contributed by atoms with Crippen molar-refractivity contribution in [2.45, 2.75) is 6.92 Å². The van der Waals surface area contributed by atoms with Crippen molar-refractivity contribution in [3.63, 3.8) is 0 Å². The number of ether oxygens (including phenoxy) is 1. The number of benzene rings is 1. The van der Waals surface area contributed by atoms with Crippen molar-refractivity contribution in [2.75, 3.05) is 12.4 Å². The van der Waals surface area contributed by atoms with E-state index in [2.05, 4.69) is 10.1 Å². The molecule has 7 heteroatoms. The van der Waals surface area contributed by atoms with E-state index in [9.17, 15) is 14.9 Å². The zero-order valence-corrected chi connectivity index (χ0v) is 14.5. The van der Waals surface area contributed by atoms with Gasteiger partial charge in [-0.15, -0.1) is 11.3 Å². The molecule has 0 fully saturated rings. The monoisotopic (exact) mass is 360 g/mol. The fraction of sp³-hybridized carbons (Fsp3) is 0.118. The summed E-state index contributed by atoms with van der Waals surface area (Å²) >= 11 is 7.02. The summed E-state index contributed by atoms with van der Waals surface area (Å²) in [5.74, 6) is -0.967. The van der Waals surface area contributed by atoms with Crippen molar-refractivity contribution in [1.82, 2.24) is 0 Å². The van der Waals surface area contributed by atoms with Gasteiger partial charge in [-0.05, 0) is 30.2 Å². The molecule has 1 aromatic heterocycles. The molecule has 1 aromatic carbocycles. The lowest BCUT2D eigenvalue weighted by molar-refractivity contribution is -0.111. The predicted octanol–water partition coefficient (Wildman–Crippen LogP) is 4.02. The molecule has 0 aliphatic rings. The summed E-state index contributed by atoms with van der Waals surface area (Å²) in [5.41, 5.74) is 1.44. The summed E-state index contributed by atoms with van der Waals surface area (Å²) < 4.78 is 4.67. The third kappa shape index (κ3) is 3.82. The molecule has 2 aromatic rings. The van der Waals surface area contributed by atoms with Gasteiger partial charge in [-0.25, -0.2) is 4.79 Å². The van der Waals surface area contributed by atoms with E-state index in [1.54, 1.807) is 31.2 Å². The zero-order chi connectivity index (χ0) is 17.7. The highest BCUT2D eigenvalue weighted by atomic mass is 35.5. The quantitative estimate of drug-likeness (QED) is 0.659. The molecule has 1 N–H and O–H groups in total. The summed E-state index contributed by atoms with van der Waals surface area (Å²) in [6.45, 7) is 1.64. The third-order valence-electron chi connectivity index (χ3n) is 3.19. The average molecular weight is 361 g/mol. The molecule has 0 saturated carbocycles. The molecule has 0 atom stereocenters. The van der Waals surface area contributed by atoms with E-state index >= 15 is 0 Å². The maximum absolute atomic E-state index is 12.1. The van der Waals surface area contributed by atoms with E-state index in [-0.39, 0.29) is 5.56 Å². The van der Waals surface area contributed by atoms with Gasteiger partial charge in [0.25, 0.3) is 0 Å². The number of thiophene rings is 1. The van der Waals surface area contributed by atoms with Gasteiger partial charge in [-0.2, -0.15) is 5.26 Å². The van der Waals surface area contributed by atoms with Gasteiger partial charge >= 0.3 is 5.97 Å². The number of nitrogens with zero attached hydrogens (tertiary/aromatic N) is 1. The minimum absolute atomic E-state index is 0.250. The molecule has 0 unspecified atom stereocenters. The summed E-state index contributed by atoms with van der Waals surface area (Å²) in [5, 5.41) is 12.7. The van der Waals surface area contributed by atoms with Crippen LogP contribution < -0.4 is 5.32 Å². The topological polar surface area (TPSA) is 79.2 Å². The van der Waals surface area contributed by atoms with Gasteiger partial charge in [-0.3, -0.25) is 4.79 Å². The van der Waals surface area contributed by atoms with Crippen LogP contribution in [0.5, 0.6) is 0 Å². The number of carbonyl (C=O) groups is 2. The third-order valence-corrected chi connectivity index (χ3v) is 4.72. The molecular weight excluding hydrogens is 348 g/mol. The first-order valence-corrected chi connectivity index (χ1v) is 8.02. The summed E-state index contributed by atoms with van der Waals surface area (Å²) in [4.78, 5) is 24.0. The fourth-order valence-corrected chi connectivity index (χ4v) is 3.23. The Hall–Kier alpha value is -2.62. The number of esters is 1. The molecule has 0 bridgehead atoms. The standard InChI is InChI=1S/C17H13ClN2O3S/c1-10-12(9-19)16(24-15(10)17(22)23-2)20-14(21)8-7-11-5-3-4-6-13(11)18/h3-8H,1-2H3,(H,20,21)/b8-7+. The van der Waals surface area contributed by atoms with Crippen LogP contribution in [0.15, 0.2) is 30.3 Å². The van der Waals surface area contributed by atoms with Crippen LogP contribution in [0.2, 0.25) is 5.02 Å². The van der Waals surface area contributed by atoms with Gasteiger partial charge in [0.15, 0.2) is 0 Å². The van der Waals surface area contributed by atoms with Crippen molar-refractivity contribution < 1.29 is 14.3 Å². The van der Waals surface area contributed by atoms with Crippen LogP contribution in [0.1, 0.15) is 26.4 Å². The number of anilines is 1. The maximum atomic E-state index is 12.1. The van der Waals surface area contributed by atoms with Crippen LogP contribution in [0.4, 0.5) is 5.00 Å². The first-order valence-electron chi connectivity index (χ1n) is 6.83. The molecule has 24 heavy (non-hydrogen) atoms. The lowest BCUT2D eigenvalue weighted by atomic mass is 10.1. The Morgan fingerprint density at radius 2 is 2.08 bits per heavy atom. The number of rotatable bonds is 4. The van der Waals surface area contributed by atoms with Gasteiger partial charge in [0.05, 0.1) is 12.7 Å². The lowest BCUT2D eigenvalue weighted by Crippen LogP contribution is -2.07. The first-order chi connectivity index (χ1) is 11.5. The molecular formula is C17H13ClN2O3S. The normalized spacial score (nSPS) is 10.4. The SMILES string of the molecule is COC(=O)c1sc(NC(=O)/C=C/c2ccccc2Cl)c(C#N)c1C. The van der Waals surface area contributed by atoms with Crippen molar-refractivity contribution in [1.29, 1.82) is 5.26 Å². The molecule has 122 valence electrons. The predicted molar refractivity (Wildman–Crippen MR) is 94.2 cm³/mol. The van der Waals surface area contributed by atoms with Crippen LogP contribution in [0.3, 0.4) is 0 Å². The molecule has 5 nitrogen and oxygen atoms in total. The number of carbonyl (C=O) groups excluding carboxylic acids is 2. The molecule has 0 radical (unpaired) electrons. The number of nitrogens with one attached hydrogen (secondary N) is 1. The van der Waals surface area contributed by atoms with E-state index < -0.39 is 11.9 Å². The van der Waals surface area contributed by atoms with Gasteiger partial charge < -0.3 is 10.1 Å².